The summed E-state index contributed by atoms with van der Waals surface area (Å²) in [5.74, 6) is -0.730. The van der Waals surface area contributed by atoms with E-state index >= 15 is 0 Å². The molecule has 0 bridgehead atoms. The van der Waals surface area contributed by atoms with Gasteiger partial charge in [-0.15, -0.1) is 0 Å². The third-order valence-electron chi connectivity index (χ3n) is 7.08. The van der Waals surface area contributed by atoms with E-state index < -0.39 is 5.97 Å². The SMILES string of the molecule is CCCCCCCCCCCCCCCCC(=O)OC(CCCCCC)CCCCCCC(=O)O. The number of carboxylic acid groups (broad SMARTS) is 1. The quantitative estimate of drug-likeness (QED) is 0.0864. The molecule has 0 saturated heterocycles. The van der Waals surface area contributed by atoms with Crippen LogP contribution in [-0.2, 0) is 14.3 Å². The second-order valence-electron chi connectivity index (χ2n) is 10.7. The summed E-state index contributed by atoms with van der Waals surface area (Å²) in [6.45, 7) is 4.49. The summed E-state index contributed by atoms with van der Waals surface area (Å²) in [4.78, 5) is 23.0. The van der Waals surface area contributed by atoms with E-state index in [9.17, 15) is 9.59 Å². The molecule has 0 aliphatic heterocycles. The summed E-state index contributed by atoms with van der Waals surface area (Å²) in [6, 6.07) is 0. The second kappa shape index (κ2) is 27.5. The highest BCUT2D eigenvalue weighted by Gasteiger charge is 2.14. The van der Waals surface area contributed by atoms with Crippen molar-refractivity contribution < 1.29 is 19.4 Å². The number of rotatable bonds is 28. The molecule has 35 heavy (non-hydrogen) atoms. The molecular weight excluding hydrogens is 436 g/mol. The first-order valence-electron chi connectivity index (χ1n) is 15.5. The highest BCUT2D eigenvalue weighted by molar-refractivity contribution is 5.69. The van der Waals surface area contributed by atoms with Gasteiger partial charge in [0.15, 0.2) is 0 Å². The van der Waals surface area contributed by atoms with Crippen LogP contribution in [-0.4, -0.2) is 23.1 Å². The largest absolute Gasteiger partial charge is 0.481 e. The summed E-state index contributed by atoms with van der Waals surface area (Å²) < 4.78 is 5.86. The van der Waals surface area contributed by atoms with Gasteiger partial charge in [0.2, 0.25) is 0 Å². The van der Waals surface area contributed by atoms with Crippen molar-refractivity contribution in [3.63, 3.8) is 0 Å². The molecule has 0 rings (SSSR count). The van der Waals surface area contributed by atoms with Crippen LogP contribution >= 0.6 is 0 Å². The number of carbonyl (C=O) groups excluding carboxylic acids is 1. The molecule has 0 aromatic rings. The lowest BCUT2D eigenvalue weighted by molar-refractivity contribution is -0.150. The zero-order valence-corrected chi connectivity index (χ0v) is 23.6. The average Bonchev–Trinajstić information content (AvgIpc) is 2.83. The van der Waals surface area contributed by atoms with Gasteiger partial charge in [0, 0.05) is 12.8 Å². The Hall–Kier alpha value is -1.06. The van der Waals surface area contributed by atoms with E-state index in [1.165, 1.54) is 96.3 Å². The predicted molar refractivity (Wildman–Crippen MR) is 149 cm³/mol. The maximum absolute atomic E-state index is 12.4. The second-order valence-corrected chi connectivity index (χ2v) is 10.7. The van der Waals surface area contributed by atoms with Crippen LogP contribution in [0.3, 0.4) is 0 Å². The molecule has 0 saturated carbocycles. The monoisotopic (exact) mass is 496 g/mol. The minimum atomic E-state index is -0.712. The molecule has 0 aliphatic rings. The Morgan fingerprint density at radius 1 is 0.514 bits per heavy atom. The van der Waals surface area contributed by atoms with E-state index in [1.54, 1.807) is 0 Å². The highest BCUT2D eigenvalue weighted by Crippen LogP contribution is 2.18. The van der Waals surface area contributed by atoms with Crippen LogP contribution in [0.2, 0.25) is 0 Å². The van der Waals surface area contributed by atoms with E-state index in [2.05, 4.69) is 13.8 Å². The Labute approximate surface area is 218 Å². The average molecular weight is 497 g/mol. The van der Waals surface area contributed by atoms with Crippen LogP contribution in [0.25, 0.3) is 0 Å². The van der Waals surface area contributed by atoms with E-state index in [1.807, 2.05) is 0 Å². The smallest absolute Gasteiger partial charge is 0.306 e. The van der Waals surface area contributed by atoms with Crippen LogP contribution in [0.4, 0.5) is 0 Å². The van der Waals surface area contributed by atoms with Gasteiger partial charge >= 0.3 is 11.9 Å². The van der Waals surface area contributed by atoms with Crippen molar-refractivity contribution >= 4 is 11.9 Å². The molecule has 1 N–H and O–H groups in total. The Kier molecular flexibility index (Phi) is 26.7. The molecule has 0 spiro atoms. The summed E-state index contributed by atoms with van der Waals surface area (Å²) >= 11 is 0. The number of esters is 1. The van der Waals surface area contributed by atoms with Crippen LogP contribution in [0.5, 0.6) is 0 Å². The first-order chi connectivity index (χ1) is 17.1. The normalized spacial score (nSPS) is 12.1. The number of carbonyl (C=O) groups is 2. The molecule has 208 valence electrons. The molecule has 0 fully saturated rings. The summed E-state index contributed by atoms with van der Waals surface area (Å²) in [7, 11) is 0. The van der Waals surface area contributed by atoms with Crippen LogP contribution in [0, 0.1) is 0 Å². The van der Waals surface area contributed by atoms with Gasteiger partial charge in [-0.2, -0.15) is 0 Å². The summed E-state index contributed by atoms with van der Waals surface area (Å²) in [5, 5.41) is 8.74. The first kappa shape index (κ1) is 33.9. The standard InChI is InChI=1S/C31H60O4/c1-3-5-7-9-10-11-12-13-14-15-16-17-18-24-28-31(34)35-29(25-21-8-6-4-2)26-22-19-20-23-27-30(32)33/h29H,3-28H2,1-2H3,(H,32,33). The Morgan fingerprint density at radius 2 is 0.857 bits per heavy atom. The number of hydrogen-bond donors (Lipinski definition) is 1. The van der Waals surface area contributed by atoms with E-state index in [-0.39, 0.29) is 18.5 Å². The third kappa shape index (κ3) is 27.4. The fourth-order valence-corrected chi connectivity index (χ4v) is 4.77. The van der Waals surface area contributed by atoms with E-state index in [4.69, 9.17) is 9.84 Å². The van der Waals surface area contributed by atoms with Crippen LogP contribution < -0.4 is 0 Å². The lowest BCUT2D eigenvalue weighted by Gasteiger charge is -2.18. The summed E-state index contributed by atoms with van der Waals surface area (Å²) in [6.07, 6.45) is 29.8. The zero-order valence-electron chi connectivity index (χ0n) is 23.6. The van der Waals surface area contributed by atoms with Crippen molar-refractivity contribution in [2.75, 3.05) is 0 Å². The minimum Gasteiger partial charge on any atom is -0.481 e. The van der Waals surface area contributed by atoms with Gasteiger partial charge in [-0.1, -0.05) is 129 Å². The number of carboxylic acids is 1. The van der Waals surface area contributed by atoms with E-state index in [0.717, 1.165) is 57.8 Å². The molecule has 0 radical (unpaired) electrons. The maximum Gasteiger partial charge on any atom is 0.306 e. The molecule has 0 amide bonds. The Morgan fingerprint density at radius 3 is 1.29 bits per heavy atom. The van der Waals surface area contributed by atoms with Gasteiger partial charge in [-0.3, -0.25) is 9.59 Å². The lowest BCUT2D eigenvalue weighted by atomic mass is 10.0. The van der Waals surface area contributed by atoms with Gasteiger partial charge < -0.3 is 9.84 Å². The molecule has 1 unspecified atom stereocenters. The minimum absolute atomic E-state index is 0.0182. The number of unbranched alkanes of at least 4 members (excludes halogenated alkanes) is 19. The van der Waals surface area contributed by atoms with Gasteiger partial charge in [0.25, 0.3) is 0 Å². The number of aliphatic carboxylic acids is 1. The van der Waals surface area contributed by atoms with Crippen LogP contribution in [0.15, 0.2) is 0 Å². The molecule has 4 nitrogen and oxygen atoms in total. The fraction of sp³-hybridized carbons (Fsp3) is 0.935. The molecular formula is C31H60O4. The van der Waals surface area contributed by atoms with Gasteiger partial charge in [-0.05, 0) is 38.5 Å². The maximum atomic E-state index is 12.4. The Balaban J connectivity index is 3.76. The summed E-state index contributed by atoms with van der Waals surface area (Å²) in [5.41, 5.74) is 0. The van der Waals surface area contributed by atoms with Crippen molar-refractivity contribution in [2.24, 2.45) is 0 Å². The topological polar surface area (TPSA) is 63.6 Å². The predicted octanol–water partition coefficient (Wildman–Crippen LogP) is 10.2. The zero-order chi connectivity index (χ0) is 25.8. The number of ether oxygens (including phenoxy) is 1. The van der Waals surface area contributed by atoms with Gasteiger partial charge in [0.1, 0.15) is 6.10 Å². The lowest BCUT2D eigenvalue weighted by Crippen LogP contribution is -2.18. The highest BCUT2D eigenvalue weighted by atomic mass is 16.5. The van der Waals surface area contributed by atoms with Crippen molar-refractivity contribution in [2.45, 2.75) is 187 Å². The van der Waals surface area contributed by atoms with Crippen LogP contribution in [0.1, 0.15) is 181 Å². The van der Waals surface area contributed by atoms with Crippen molar-refractivity contribution in [1.29, 1.82) is 0 Å². The van der Waals surface area contributed by atoms with Gasteiger partial charge in [-0.25, -0.2) is 0 Å². The molecule has 4 heteroatoms. The van der Waals surface area contributed by atoms with Crippen molar-refractivity contribution in [3.05, 3.63) is 0 Å². The molecule has 1 atom stereocenters. The fourth-order valence-electron chi connectivity index (χ4n) is 4.77. The first-order valence-corrected chi connectivity index (χ1v) is 15.5. The number of hydrogen-bond acceptors (Lipinski definition) is 3. The van der Waals surface area contributed by atoms with Crippen molar-refractivity contribution in [1.82, 2.24) is 0 Å². The molecule has 0 heterocycles. The Bertz CT molecular complexity index is 463. The van der Waals surface area contributed by atoms with Gasteiger partial charge in [0.05, 0.1) is 0 Å². The van der Waals surface area contributed by atoms with E-state index in [0.29, 0.717) is 6.42 Å². The third-order valence-corrected chi connectivity index (χ3v) is 7.08. The van der Waals surface area contributed by atoms with Crippen molar-refractivity contribution in [3.8, 4) is 0 Å². The molecule has 0 aromatic carbocycles. The molecule has 0 aliphatic carbocycles. The molecule has 0 aromatic heterocycles.